The van der Waals surface area contributed by atoms with E-state index in [1.165, 1.54) is 0 Å². The molecule has 1 aliphatic rings. The maximum absolute atomic E-state index is 11.8. The zero-order valence-corrected chi connectivity index (χ0v) is 10.7. The van der Waals surface area contributed by atoms with E-state index in [1.807, 2.05) is 31.2 Å². The van der Waals surface area contributed by atoms with Crippen LogP contribution in [-0.4, -0.2) is 23.9 Å². The highest BCUT2D eigenvalue weighted by molar-refractivity contribution is 9.10. The van der Waals surface area contributed by atoms with Crippen LogP contribution in [0.5, 0.6) is 5.75 Å². The molecule has 1 fully saturated rings. The highest BCUT2D eigenvalue weighted by atomic mass is 79.9. The number of carbonyl (C=O) groups is 1. The van der Waals surface area contributed by atoms with Gasteiger partial charge in [0, 0.05) is 18.3 Å². The van der Waals surface area contributed by atoms with Gasteiger partial charge in [0.05, 0.1) is 11.4 Å². The molecule has 2 rings (SSSR count). The van der Waals surface area contributed by atoms with Crippen molar-refractivity contribution in [1.82, 2.24) is 0 Å². The Bertz CT molecular complexity index is 394. The first-order chi connectivity index (χ1) is 7.72. The van der Waals surface area contributed by atoms with Gasteiger partial charge >= 0.3 is 0 Å². The summed E-state index contributed by atoms with van der Waals surface area (Å²) in [6, 6.07) is 7.66. The number of halogens is 1. The standard InChI is InChI=1S/C12H14BrNO2/c1-2-16-10-5-3-4-9(8-10)14-7-6-11(13)12(14)15/h3-5,8,11H,2,6-7H2,1H3. The van der Waals surface area contributed by atoms with Crippen molar-refractivity contribution in [1.29, 1.82) is 0 Å². The predicted octanol–water partition coefficient (Wildman–Crippen LogP) is 2.59. The molecule has 0 bridgehead atoms. The molecule has 0 aromatic heterocycles. The number of nitrogens with zero attached hydrogens (tertiary/aromatic N) is 1. The van der Waals surface area contributed by atoms with E-state index in [1.54, 1.807) is 4.90 Å². The van der Waals surface area contributed by atoms with E-state index in [-0.39, 0.29) is 10.7 Å². The van der Waals surface area contributed by atoms with E-state index in [9.17, 15) is 4.79 Å². The summed E-state index contributed by atoms with van der Waals surface area (Å²) in [4.78, 5) is 13.6. The van der Waals surface area contributed by atoms with Crippen LogP contribution in [0.4, 0.5) is 5.69 Å². The van der Waals surface area contributed by atoms with Crippen molar-refractivity contribution >= 4 is 27.5 Å². The van der Waals surface area contributed by atoms with E-state index < -0.39 is 0 Å². The minimum atomic E-state index is -0.0387. The van der Waals surface area contributed by atoms with Gasteiger partial charge < -0.3 is 9.64 Å². The molecule has 1 atom stereocenters. The molecule has 16 heavy (non-hydrogen) atoms. The fraction of sp³-hybridized carbons (Fsp3) is 0.417. The molecule has 1 unspecified atom stereocenters. The average Bonchev–Trinajstić information content (AvgIpc) is 2.61. The van der Waals surface area contributed by atoms with Crippen molar-refractivity contribution in [2.24, 2.45) is 0 Å². The van der Waals surface area contributed by atoms with Crippen molar-refractivity contribution < 1.29 is 9.53 Å². The first-order valence-corrected chi connectivity index (χ1v) is 6.32. The van der Waals surface area contributed by atoms with Crippen molar-refractivity contribution in [3.8, 4) is 5.75 Å². The van der Waals surface area contributed by atoms with Crippen LogP contribution in [0.25, 0.3) is 0 Å². The largest absolute Gasteiger partial charge is 0.494 e. The molecular weight excluding hydrogens is 270 g/mol. The number of hydrogen-bond acceptors (Lipinski definition) is 2. The van der Waals surface area contributed by atoms with E-state index in [0.29, 0.717) is 6.61 Å². The molecule has 0 spiro atoms. The highest BCUT2D eigenvalue weighted by Gasteiger charge is 2.30. The number of rotatable bonds is 3. The van der Waals surface area contributed by atoms with Crippen molar-refractivity contribution in [3.05, 3.63) is 24.3 Å². The molecule has 1 aromatic rings. The summed E-state index contributed by atoms with van der Waals surface area (Å²) >= 11 is 3.37. The van der Waals surface area contributed by atoms with E-state index in [4.69, 9.17) is 4.74 Å². The number of benzene rings is 1. The Morgan fingerprint density at radius 3 is 3.00 bits per heavy atom. The topological polar surface area (TPSA) is 29.5 Å². The van der Waals surface area contributed by atoms with Crippen LogP contribution in [0.15, 0.2) is 24.3 Å². The zero-order chi connectivity index (χ0) is 11.5. The maximum Gasteiger partial charge on any atom is 0.240 e. The van der Waals surface area contributed by atoms with Crippen molar-refractivity contribution in [2.75, 3.05) is 18.1 Å². The summed E-state index contributed by atoms with van der Waals surface area (Å²) in [5.74, 6) is 0.944. The second-order valence-electron chi connectivity index (χ2n) is 3.68. The van der Waals surface area contributed by atoms with Crippen LogP contribution >= 0.6 is 15.9 Å². The Balaban J connectivity index is 2.20. The highest BCUT2D eigenvalue weighted by Crippen LogP contribution is 2.27. The SMILES string of the molecule is CCOc1cccc(N2CCC(Br)C2=O)c1. The van der Waals surface area contributed by atoms with Crippen LogP contribution < -0.4 is 9.64 Å². The Morgan fingerprint density at radius 1 is 1.56 bits per heavy atom. The van der Waals surface area contributed by atoms with Gasteiger partial charge in [-0.15, -0.1) is 0 Å². The van der Waals surface area contributed by atoms with Crippen LogP contribution in [0.2, 0.25) is 0 Å². The van der Waals surface area contributed by atoms with Gasteiger partial charge in [-0.2, -0.15) is 0 Å². The molecule has 0 N–H and O–H groups in total. The van der Waals surface area contributed by atoms with Crippen LogP contribution in [-0.2, 0) is 4.79 Å². The van der Waals surface area contributed by atoms with Gasteiger partial charge in [0.1, 0.15) is 5.75 Å². The lowest BCUT2D eigenvalue weighted by Gasteiger charge is -2.16. The van der Waals surface area contributed by atoms with Crippen LogP contribution in [0.3, 0.4) is 0 Å². The lowest BCUT2D eigenvalue weighted by Crippen LogP contribution is -2.26. The zero-order valence-electron chi connectivity index (χ0n) is 9.15. The summed E-state index contributed by atoms with van der Waals surface area (Å²) in [5, 5.41) is 0. The maximum atomic E-state index is 11.8. The third kappa shape index (κ3) is 2.21. The molecule has 0 radical (unpaired) electrons. The summed E-state index contributed by atoms with van der Waals surface area (Å²) < 4.78 is 5.42. The van der Waals surface area contributed by atoms with E-state index in [2.05, 4.69) is 15.9 Å². The Kier molecular flexibility index (Phi) is 3.49. The summed E-state index contributed by atoms with van der Waals surface area (Å²) in [6.45, 7) is 3.35. The normalized spacial score (nSPS) is 20.2. The van der Waals surface area contributed by atoms with Gasteiger partial charge in [-0.05, 0) is 25.5 Å². The first-order valence-electron chi connectivity index (χ1n) is 5.40. The second-order valence-corrected chi connectivity index (χ2v) is 4.78. The van der Waals surface area contributed by atoms with Gasteiger partial charge in [-0.3, -0.25) is 4.79 Å². The molecule has 4 heteroatoms. The minimum absolute atomic E-state index is 0.0387. The first kappa shape index (κ1) is 11.5. The van der Waals surface area contributed by atoms with Gasteiger partial charge in [0.15, 0.2) is 0 Å². The van der Waals surface area contributed by atoms with Gasteiger partial charge in [0.2, 0.25) is 5.91 Å². The predicted molar refractivity (Wildman–Crippen MR) is 67.3 cm³/mol. The third-order valence-electron chi connectivity index (χ3n) is 2.58. The van der Waals surface area contributed by atoms with Gasteiger partial charge in [-0.25, -0.2) is 0 Å². The number of carbonyl (C=O) groups excluding carboxylic acids is 1. The van der Waals surface area contributed by atoms with Gasteiger partial charge in [0.25, 0.3) is 0 Å². The molecular formula is C12H14BrNO2. The molecule has 0 saturated carbocycles. The Hall–Kier alpha value is -1.03. The van der Waals surface area contributed by atoms with Crippen LogP contribution in [0.1, 0.15) is 13.3 Å². The van der Waals surface area contributed by atoms with Crippen molar-refractivity contribution in [2.45, 2.75) is 18.2 Å². The minimum Gasteiger partial charge on any atom is -0.494 e. The molecule has 0 aliphatic carbocycles. The third-order valence-corrected chi connectivity index (χ3v) is 3.43. The molecule has 1 aromatic carbocycles. The number of alkyl halides is 1. The molecule has 3 nitrogen and oxygen atoms in total. The number of hydrogen-bond donors (Lipinski definition) is 0. The molecule has 86 valence electrons. The van der Waals surface area contributed by atoms with E-state index >= 15 is 0 Å². The smallest absolute Gasteiger partial charge is 0.240 e. The lowest BCUT2D eigenvalue weighted by molar-refractivity contribution is -0.116. The average molecular weight is 284 g/mol. The number of ether oxygens (including phenoxy) is 1. The molecule has 1 saturated heterocycles. The monoisotopic (exact) mass is 283 g/mol. The number of amides is 1. The molecule has 1 heterocycles. The number of anilines is 1. The lowest BCUT2D eigenvalue weighted by atomic mass is 10.3. The van der Waals surface area contributed by atoms with Crippen molar-refractivity contribution in [3.63, 3.8) is 0 Å². The molecule has 1 aliphatic heterocycles. The van der Waals surface area contributed by atoms with Gasteiger partial charge in [-0.1, -0.05) is 22.0 Å². The Morgan fingerprint density at radius 2 is 2.38 bits per heavy atom. The summed E-state index contributed by atoms with van der Waals surface area (Å²) in [7, 11) is 0. The summed E-state index contributed by atoms with van der Waals surface area (Å²) in [6.07, 6.45) is 0.859. The fourth-order valence-corrected chi connectivity index (χ4v) is 2.26. The molecule has 1 amide bonds. The second kappa shape index (κ2) is 4.87. The fourth-order valence-electron chi connectivity index (χ4n) is 1.81. The van der Waals surface area contributed by atoms with Crippen LogP contribution in [0, 0.1) is 0 Å². The Labute approximate surface area is 104 Å². The summed E-state index contributed by atoms with van der Waals surface area (Å²) in [5.41, 5.74) is 0.915. The quantitative estimate of drug-likeness (QED) is 0.798. The van der Waals surface area contributed by atoms with E-state index in [0.717, 1.165) is 24.4 Å².